The molecule has 6 aromatic rings. The molecule has 8 rings (SSSR count). The zero-order chi connectivity index (χ0) is 56.3. The molecule has 24 heteroatoms. The molecule has 4 aromatic carbocycles. The molecule has 1 unspecified atom stereocenters. The molecule has 0 saturated carbocycles. The van der Waals surface area contributed by atoms with E-state index >= 15 is 0 Å². The number of nitrogens with zero attached hydrogens (tertiary/aromatic N) is 5. The Morgan fingerprint density at radius 1 is 0.747 bits per heavy atom. The average Bonchev–Trinajstić information content (AvgIpc) is 4.48. The molecule has 8 atom stereocenters. The Morgan fingerprint density at radius 2 is 1.41 bits per heavy atom. The Morgan fingerprint density at radius 3 is 2.11 bits per heavy atom. The molecule has 2 aliphatic heterocycles. The van der Waals surface area contributed by atoms with Gasteiger partial charge in [0.25, 0.3) is 5.91 Å². The third kappa shape index (κ3) is 13.0. The fourth-order valence-electron chi connectivity index (χ4n) is 10.3. The van der Waals surface area contributed by atoms with Gasteiger partial charge in [0, 0.05) is 60.2 Å². The van der Waals surface area contributed by atoms with Crippen LogP contribution in [0.15, 0.2) is 108 Å². The highest BCUT2D eigenvalue weighted by Crippen LogP contribution is 2.31. The van der Waals surface area contributed by atoms with E-state index in [0.29, 0.717) is 49.7 Å². The SMILES string of the molecule is CCCC[C@H](NC(=O)[C@@H]1CCCN1C(=O)[C@@H]1CCCN1C(=O)[C@H](Cc1ccccc1)NC(=O)[C@H](Cc1c[nH]c2ccccc12)NC(=O)[C@H](C)NC(=O)[C@@H](NC(=O)c1ccccc1)C(N)c1ccc([N+](=O)[O-])c2nonc12)C(N)=O. The quantitative estimate of drug-likeness (QED) is 0.0338. The van der Waals surface area contributed by atoms with Crippen molar-refractivity contribution in [2.75, 3.05) is 13.1 Å². The highest BCUT2D eigenvalue weighted by atomic mass is 16.6. The summed E-state index contributed by atoms with van der Waals surface area (Å²) in [4.78, 5) is 130. The first-order chi connectivity index (χ1) is 38.0. The van der Waals surface area contributed by atoms with Crippen molar-refractivity contribution in [2.24, 2.45) is 11.5 Å². The van der Waals surface area contributed by atoms with Crippen molar-refractivity contribution in [3.63, 3.8) is 0 Å². The number of aromatic amines is 1. The van der Waals surface area contributed by atoms with Crippen LogP contribution in [0, 0.1) is 10.1 Å². The molecule has 2 saturated heterocycles. The van der Waals surface area contributed by atoms with Crippen LogP contribution >= 0.6 is 0 Å². The van der Waals surface area contributed by atoms with Crippen molar-refractivity contribution in [2.45, 2.75) is 120 Å². The second-order valence-corrected chi connectivity index (χ2v) is 19.8. The minimum atomic E-state index is -1.64. The number of non-ortho nitro benzene ring substituents is 1. The lowest BCUT2D eigenvalue weighted by molar-refractivity contribution is -0.383. The molecule has 4 heterocycles. The Balaban J connectivity index is 1.04. The number of nitrogens with two attached hydrogens (primary N) is 2. The second-order valence-electron chi connectivity index (χ2n) is 19.8. The average molecular weight is 1080 g/mol. The number of aromatic nitrogens is 3. The maximum atomic E-state index is 15.0. The summed E-state index contributed by atoms with van der Waals surface area (Å²) in [6.07, 6.45) is 5.00. The van der Waals surface area contributed by atoms with Crippen LogP contribution < -0.4 is 38.1 Å². The number of rotatable bonds is 23. The van der Waals surface area contributed by atoms with E-state index in [-0.39, 0.29) is 48.1 Å². The van der Waals surface area contributed by atoms with Crippen molar-refractivity contribution in [3.05, 3.63) is 136 Å². The number of para-hydroxylation sites is 1. The van der Waals surface area contributed by atoms with Crippen LogP contribution in [0.1, 0.15) is 91.9 Å². The number of hydrogen-bond donors (Lipinski definition) is 8. The maximum Gasteiger partial charge on any atom is 0.300 e. The van der Waals surface area contributed by atoms with Gasteiger partial charge in [-0.1, -0.05) is 86.5 Å². The number of benzene rings is 4. The highest BCUT2D eigenvalue weighted by Gasteiger charge is 2.45. The van der Waals surface area contributed by atoms with E-state index in [0.717, 1.165) is 23.4 Å². The molecule has 2 aliphatic rings. The van der Waals surface area contributed by atoms with Crippen LogP contribution in [0.2, 0.25) is 0 Å². The van der Waals surface area contributed by atoms with Gasteiger partial charge in [-0.25, -0.2) is 4.63 Å². The predicted octanol–water partition coefficient (Wildman–Crippen LogP) is 2.51. The van der Waals surface area contributed by atoms with E-state index in [2.05, 4.69) is 41.9 Å². The van der Waals surface area contributed by atoms with Crippen LogP contribution in [0.3, 0.4) is 0 Å². The maximum absolute atomic E-state index is 15.0. The molecule has 2 aromatic heterocycles. The standard InChI is InChI=1S/C55H63N13O11/c1-3-4-20-38(48(57)69)60-52(73)42-22-13-26-66(42)55(76)43-23-14-27-67(43)54(75)40(28-32-15-7-5-8-16-32)62-51(72)39(29-34-30-58-37-21-12-11-19-35(34)37)61-49(70)31(2)59-53(74)47(63-50(71)33-17-9-6-10-18-33)44(56)36-24-25-41(68(77)78)46-45(36)64-79-65-46/h5-12,15-19,21,24-25,30-31,38-40,42-44,47,58H,3-4,13-14,20,22-23,26-29,56H2,1-2H3,(H2,57,69)(H,59,74)(H,60,73)(H,61,70)(H,62,72)(H,63,71)/t31-,38-,39-,40-,42-,43-,44?,47-/m0/s1. The number of likely N-dealkylation sites (tertiary alicyclic amines) is 2. The Bertz CT molecular complexity index is 3220. The lowest BCUT2D eigenvalue weighted by Crippen LogP contribution is -2.60. The molecular weight excluding hydrogens is 1020 g/mol. The summed E-state index contributed by atoms with van der Waals surface area (Å²) in [5.74, 6) is -5.45. The van der Waals surface area contributed by atoms with E-state index in [1.54, 1.807) is 54.7 Å². The topological polar surface area (TPSA) is 353 Å². The number of H-pyrrole nitrogens is 1. The second kappa shape index (κ2) is 25.4. The third-order valence-electron chi connectivity index (χ3n) is 14.5. The minimum absolute atomic E-state index is 0.00808. The van der Waals surface area contributed by atoms with Crippen molar-refractivity contribution in [1.29, 1.82) is 0 Å². The molecule has 79 heavy (non-hydrogen) atoms. The third-order valence-corrected chi connectivity index (χ3v) is 14.5. The number of primary amides is 1. The number of amides is 8. The van der Waals surface area contributed by atoms with Crippen molar-refractivity contribution < 1.29 is 47.9 Å². The largest absolute Gasteiger partial charge is 0.368 e. The van der Waals surface area contributed by atoms with E-state index in [9.17, 15) is 48.5 Å². The fourth-order valence-corrected chi connectivity index (χ4v) is 10.3. The first-order valence-corrected chi connectivity index (χ1v) is 26.3. The van der Waals surface area contributed by atoms with Gasteiger partial charge in [-0.05, 0) is 84.7 Å². The van der Waals surface area contributed by atoms with E-state index in [1.807, 2.05) is 31.2 Å². The van der Waals surface area contributed by atoms with Gasteiger partial charge in [-0.15, -0.1) is 0 Å². The Hall–Kier alpha value is -9.06. The van der Waals surface area contributed by atoms with Crippen molar-refractivity contribution >= 4 is 74.9 Å². The van der Waals surface area contributed by atoms with Gasteiger partial charge in [-0.3, -0.25) is 48.5 Å². The molecular formula is C55H63N13O11. The predicted molar refractivity (Wildman–Crippen MR) is 287 cm³/mol. The minimum Gasteiger partial charge on any atom is -0.368 e. The molecule has 8 amide bonds. The zero-order valence-electron chi connectivity index (χ0n) is 43.6. The summed E-state index contributed by atoms with van der Waals surface area (Å²) in [6, 6.07) is 16.6. The molecule has 0 radical (unpaired) electrons. The van der Waals surface area contributed by atoms with Gasteiger partial charge < -0.3 is 52.8 Å². The number of hydrogen-bond acceptors (Lipinski definition) is 14. The summed E-state index contributed by atoms with van der Waals surface area (Å²) in [5, 5.41) is 33.6. The number of carbonyl (C=O) groups is 8. The van der Waals surface area contributed by atoms with Crippen molar-refractivity contribution in [3.8, 4) is 0 Å². The first kappa shape index (κ1) is 56.2. The van der Waals surface area contributed by atoms with Crippen LogP contribution in [-0.4, -0.2) is 133 Å². The molecule has 10 N–H and O–H groups in total. The number of carbonyl (C=O) groups excluding carboxylic acids is 8. The van der Waals surface area contributed by atoms with Crippen LogP contribution in [0.4, 0.5) is 5.69 Å². The summed E-state index contributed by atoms with van der Waals surface area (Å²) in [6.45, 7) is 3.73. The van der Waals surface area contributed by atoms with Crippen LogP contribution in [0.5, 0.6) is 0 Å². The molecule has 0 aliphatic carbocycles. The Labute approximate surface area is 453 Å². The van der Waals surface area contributed by atoms with Gasteiger partial charge in [0.15, 0.2) is 0 Å². The lowest BCUT2D eigenvalue weighted by Gasteiger charge is -2.33. The van der Waals surface area contributed by atoms with Gasteiger partial charge in [0.1, 0.15) is 47.8 Å². The number of nitrogens with one attached hydrogen (secondary N) is 6. The zero-order valence-corrected chi connectivity index (χ0v) is 43.6. The normalized spacial score (nSPS) is 17.5. The van der Waals surface area contributed by atoms with Gasteiger partial charge in [-0.2, -0.15) is 0 Å². The fraction of sp³-hybridized carbons (Fsp3) is 0.382. The molecule has 0 bridgehead atoms. The van der Waals surface area contributed by atoms with Crippen molar-refractivity contribution in [1.82, 2.24) is 51.7 Å². The van der Waals surface area contributed by atoms with Gasteiger partial charge in [0.05, 0.1) is 11.0 Å². The van der Waals surface area contributed by atoms with E-state index < -0.39 is 106 Å². The summed E-state index contributed by atoms with van der Waals surface area (Å²) < 4.78 is 4.82. The van der Waals surface area contributed by atoms with E-state index in [1.165, 1.54) is 34.9 Å². The molecule has 0 spiro atoms. The number of nitro benzene ring substituents is 1. The number of unbranched alkanes of at least 4 members (excludes halogenated alkanes) is 1. The smallest absolute Gasteiger partial charge is 0.300 e. The Kier molecular flexibility index (Phi) is 18.1. The van der Waals surface area contributed by atoms with Crippen LogP contribution in [-0.2, 0) is 46.4 Å². The molecule has 414 valence electrons. The van der Waals surface area contributed by atoms with Gasteiger partial charge in [0.2, 0.25) is 46.9 Å². The molecule has 2 fully saturated rings. The summed E-state index contributed by atoms with van der Waals surface area (Å²) in [5.41, 5.74) is 13.8. The van der Waals surface area contributed by atoms with Gasteiger partial charge >= 0.3 is 5.69 Å². The van der Waals surface area contributed by atoms with E-state index in [4.69, 9.17) is 16.1 Å². The van der Waals surface area contributed by atoms with Crippen LogP contribution in [0.25, 0.3) is 21.9 Å². The lowest BCUT2D eigenvalue weighted by atomic mass is 9.96. The number of nitro groups is 1. The molecule has 24 nitrogen and oxygen atoms in total. The summed E-state index contributed by atoms with van der Waals surface area (Å²) in [7, 11) is 0. The number of fused-ring (bicyclic) bond motifs is 2. The summed E-state index contributed by atoms with van der Waals surface area (Å²) >= 11 is 0. The highest BCUT2D eigenvalue weighted by molar-refractivity contribution is 6.01. The monoisotopic (exact) mass is 1080 g/mol. The first-order valence-electron chi connectivity index (χ1n) is 26.3.